The fourth-order valence-corrected chi connectivity index (χ4v) is 12.3. The summed E-state index contributed by atoms with van der Waals surface area (Å²) in [7, 11) is 0. The van der Waals surface area contributed by atoms with Crippen molar-refractivity contribution in [1.82, 2.24) is 0 Å². The largest absolute Gasteiger partial charge is 0.310 e. The van der Waals surface area contributed by atoms with Gasteiger partial charge in [0.1, 0.15) is 0 Å². The summed E-state index contributed by atoms with van der Waals surface area (Å²) in [5.41, 5.74) is 20.5. The van der Waals surface area contributed by atoms with E-state index in [1.165, 1.54) is 22.3 Å². The molecule has 0 saturated carbocycles. The molecule has 0 atom stereocenters. The molecule has 0 unspecified atom stereocenters. The van der Waals surface area contributed by atoms with Crippen LogP contribution >= 0.6 is 0 Å². The Balaban J connectivity index is 1.17. The van der Waals surface area contributed by atoms with Gasteiger partial charge in [0.25, 0.3) is 0 Å². The Morgan fingerprint density at radius 2 is 0.567 bits per heavy atom. The Hall–Kier alpha value is -10.8. The monoisotopic (exact) mass is 1160 g/mol. The lowest BCUT2D eigenvalue weighted by Crippen LogP contribution is -2.19. The molecule has 12 rings (SSSR count). The molecule has 0 saturated heterocycles. The van der Waals surface area contributed by atoms with Crippen LogP contribution in [0.3, 0.4) is 0 Å². The molecule has 0 radical (unpaired) electrons. The maximum absolute atomic E-state index is 9.90. The number of anilines is 6. The van der Waals surface area contributed by atoms with Crippen molar-refractivity contribution in [3.8, 4) is 56.6 Å². The third-order valence-corrected chi connectivity index (χ3v) is 17.6. The van der Waals surface area contributed by atoms with Gasteiger partial charge < -0.3 is 9.80 Å². The normalized spacial score (nSPS) is 12.0. The lowest BCUT2D eigenvalue weighted by molar-refractivity contribution is 0.568. The zero-order valence-electron chi connectivity index (χ0n) is 53.5. The van der Waals surface area contributed by atoms with Gasteiger partial charge in [0.05, 0.1) is 47.8 Å². The number of hydrogen-bond acceptors (Lipinski definition) is 4. The zero-order chi connectivity index (χ0) is 63.6. The Morgan fingerprint density at radius 3 is 0.833 bits per heavy atom. The molecule has 6 nitrogen and oxygen atoms in total. The van der Waals surface area contributed by atoms with Gasteiger partial charge in [-0.2, -0.15) is 10.5 Å². The van der Waals surface area contributed by atoms with Gasteiger partial charge in [-0.05, 0) is 207 Å². The smallest absolute Gasteiger partial charge is 0.187 e. The minimum absolute atomic E-state index is 0.182. The van der Waals surface area contributed by atoms with Crippen molar-refractivity contribution in [2.24, 2.45) is 0 Å². The van der Waals surface area contributed by atoms with E-state index < -0.39 is 0 Å². The first-order chi connectivity index (χ1) is 42.9. The molecule has 0 bridgehead atoms. The minimum atomic E-state index is -0.182. The van der Waals surface area contributed by atoms with Crippen LogP contribution in [0.25, 0.3) is 86.5 Å². The second kappa shape index (κ2) is 22.8. The summed E-state index contributed by atoms with van der Waals surface area (Å²) in [6.45, 7) is 43.0. The molecule has 0 aliphatic heterocycles. The first-order valence-electron chi connectivity index (χ1n) is 30.8. The molecule has 0 aliphatic carbocycles. The average molecular weight is 1170 g/mol. The SMILES string of the molecule is [C-]#[N+]c1ccc(-c2cc(-c3ccc(C#N)cc3)cc(N(c3cc(C(C)(C)C)cc(C(C)(C)C)c3)c3ccc4ccc5c(N(c6cc(-c7ccc(C#N)cc7)cc(-c7ccc([N+]#[C-])cc7)c6)c6cc(C(C)(C)C)cc(C(C)(C)C)c6)ccc6ccc3c4c65)c2)cc1. The summed E-state index contributed by atoms with van der Waals surface area (Å²) < 4.78 is 0. The molecule has 0 aromatic heterocycles. The Kier molecular flexibility index (Phi) is 15.1. The van der Waals surface area contributed by atoms with Crippen LogP contribution in [0.15, 0.2) is 218 Å². The Morgan fingerprint density at radius 1 is 0.300 bits per heavy atom. The summed E-state index contributed by atoms with van der Waals surface area (Å²) in [6, 6.07) is 82.2. The summed E-state index contributed by atoms with van der Waals surface area (Å²) >= 11 is 0. The van der Waals surface area contributed by atoms with Gasteiger partial charge in [-0.3, -0.25) is 0 Å². The second-order valence-electron chi connectivity index (χ2n) is 28.0. The molecule has 0 N–H and O–H groups in total. The highest BCUT2D eigenvalue weighted by Crippen LogP contribution is 2.51. The van der Waals surface area contributed by atoms with Gasteiger partial charge in [-0.15, -0.1) is 0 Å². The molecule has 0 fully saturated rings. The quantitative estimate of drug-likeness (QED) is 0.101. The molecular formula is C84H72N6. The van der Waals surface area contributed by atoms with Crippen LogP contribution in [0, 0.1) is 35.8 Å². The third kappa shape index (κ3) is 11.5. The fourth-order valence-electron chi connectivity index (χ4n) is 12.3. The predicted octanol–water partition coefficient (Wildman–Crippen LogP) is 24.2. The topological polar surface area (TPSA) is 62.8 Å². The van der Waals surface area contributed by atoms with Crippen LogP contribution < -0.4 is 9.80 Å². The highest BCUT2D eigenvalue weighted by atomic mass is 15.2. The molecule has 12 aromatic carbocycles. The third-order valence-electron chi connectivity index (χ3n) is 17.6. The summed E-state index contributed by atoms with van der Waals surface area (Å²) in [4.78, 5) is 12.4. The molecule has 0 amide bonds. The van der Waals surface area contributed by atoms with E-state index in [9.17, 15) is 10.5 Å². The van der Waals surface area contributed by atoms with Gasteiger partial charge in [-0.1, -0.05) is 204 Å². The van der Waals surface area contributed by atoms with E-state index in [0.717, 1.165) is 111 Å². The number of benzene rings is 12. The van der Waals surface area contributed by atoms with Crippen molar-refractivity contribution < 1.29 is 0 Å². The fraction of sp³-hybridized carbons (Fsp3) is 0.190. The standard InChI is InChI=1S/C84H72N6/c1-81(2,3)65-45-66(82(4,5)6)48-73(47-65)89(71-41-61(55-19-15-53(51-85)16-20-55)39-63(43-71)57-23-31-69(87-13)32-24-57)77-37-29-59-28-36-76-78(38-30-60-27-35-75(77)79(59)80(60)76)90(74-49-67(83(7,8)9)46-68(50-74)84(10,11)12)72-42-62(56-21-17-54(52-86)18-22-56)40-64(44-72)58-25-33-70(88-14)34-26-58/h15-50H,1-12H3. The number of rotatable bonds is 10. The van der Waals surface area contributed by atoms with Gasteiger partial charge in [-0.25, -0.2) is 9.69 Å². The number of hydrogen-bond donors (Lipinski definition) is 0. The maximum atomic E-state index is 9.90. The summed E-state index contributed by atoms with van der Waals surface area (Å²) in [5, 5.41) is 26.6. The Labute approximate surface area is 531 Å². The molecule has 438 valence electrons. The van der Waals surface area contributed by atoms with E-state index in [1.54, 1.807) is 0 Å². The molecule has 0 aliphatic rings. The lowest BCUT2D eigenvalue weighted by Gasteiger charge is -2.33. The van der Waals surface area contributed by atoms with Crippen molar-refractivity contribution in [3.05, 3.63) is 275 Å². The number of nitrogens with zero attached hydrogens (tertiary/aromatic N) is 6. The van der Waals surface area contributed by atoms with Crippen LogP contribution in [0.2, 0.25) is 0 Å². The molecule has 12 aromatic rings. The van der Waals surface area contributed by atoms with Crippen LogP contribution in [0.4, 0.5) is 45.5 Å². The van der Waals surface area contributed by atoms with Crippen LogP contribution in [-0.4, -0.2) is 0 Å². The molecule has 90 heavy (non-hydrogen) atoms. The highest BCUT2D eigenvalue weighted by molar-refractivity contribution is 6.28. The Bertz CT molecular complexity index is 4400. The lowest BCUT2D eigenvalue weighted by atomic mass is 9.80. The average Bonchev–Trinajstić information content (AvgIpc) is 0.728. The van der Waals surface area contributed by atoms with E-state index in [1.807, 2.05) is 97.1 Å². The van der Waals surface area contributed by atoms with Crippen LogP contribution in [0.1, 0.15) is 116 Å². The number of nitriles is 2. The van der Waals surface area contributed by atoms with Crippen LogP contribution in [0.5, 0.6) is 0 Å². The van der Waals surface area contributed by atoms with Crippen molar-refractivity contribution in [2.75, 3.05) is 9.80 Å². The first kappa shape index (κ1) is 59.6. The highest BCUT2D eigenvalue weighted by Gasteiger charge is 2.29. The van der Waals surface area contributed by atoms with E-state index in [2.05, 4.69) is 236 Å². The zero-order valence-corrected chi connectivity index (χ0v) is 53.5. The van der Waals surface area contributed by atoms with Crippen LogP contribution in [-0.2, 0) is 21.7 Å². The second-order valence-corrected chi connectivity index (χ2v) is 28.0. The molecule has 0 heterocycles. The van der Waals surface area contributed by atoms with Gasteiger partial charge in [0.2, 0.25) is 0 Å². The predicted molar refractivity (Wildman–Crippen MR) is 378 cm³/mol. The minimum Gasteiger partial charge on any atom is -0.310 e. The van der Waals surface area contributed by atoms with E-state index in [4.69, 9.17) is 13.1 Å². The maximum Gasteiger partial charge on any atom is 0.187 e. The van der Waals surface area contributed by atoms with Crippen molar-refractivity contribution in [1.29, 1.82) is 10.5 Å². The van der Waals surface area contributed by atoms with E-state index in [0.29, 0.717) is 22.5 Å². The first-order valence-corrected chi connectivity index (χ1v) is 30.8. The van der Waals surface area contributed by atoms with E-state index >= 15 is 0 Å². The summed E-state index contributed by atoms with van der Waals surface area (Å²) in [5.74, 6) is 0. The van der Waals surface area contributed by atoms with Crippen molar-refractivity contribution in [2.45, 2.75) is 105 Å². The molecule has 6 heteroatoms. The molecular weight excluding hydrogens is 1090 g/mol. The van der Waals surface area contributed by atoms with Crippen molar-refractivity contribution >= 4 is 77.8 Å². The van der Waals surface area contributed by atoms with Crippen molar-refractivity contribution in [3.63, 3.8) is 0 Å². The summed E-state index contributed by atoms with van der Waals surface area (Å²) in [6.07, 6.45) is 0. The molecule has 0 spiro atoms. The van der Waals surface area contributed by atoms with E-state index in [-0.39, 0.29) is 21.7 Å². The van der Waals surface area contributed by atoms with Gasteiger partial charge in [0, 0.05) is 33.5 Å². The van der Waals surface area contributed by atoms with Gasteiger partial charge in [0.15, 0.2) is 11.4 Å². The van der Waals surface area contributed by atoms with Gasteiger partial charge >= 0.3 is 0 Å².